The third-order valence-electron chi connectivity index (χ3n) is 3.55. The van der Waals surface area contributed by atoms with E-state index in [1.165, 1.54) is 23.1 Å². The molecule has 0 amide bonds. The second-order valence-corrected chi connectivity index (χ2v) is 5.36. The van der Waals surface area contributed by atoms with Crippen LogP contribution in [0.4, 0.5) is 0 Å². The monoisotopic (exact) mass is 279 g/mol. The van der Waals surface area contributed by atoms with Gasteiger partial charge in [-0.3, -0.25) is 0 Å². The lowest BCUT2D eigenvalue weighted by Crippen LogP contribution is -2.04. The summed E-state index contributed by atoms with van der Waals surface area (Å²) in [6.07, 6.45) is 8.64. The molecule has 0 bridgehead atoms. The topological polar surface area (TPSA) is 12.0 Å². The lowest BCUT2D eigenvalue weighted by Gasteiger charge is -2.04. The van der Waals surface area contributed by atoms with Crippen LogP contribution in [-0.2, 0) is 19.3 Å². The Hall–Kier alpha value is -2.02. The van der Waals surface area contributed by atoms with Crippen molar-refractivity contribution in [3.05, 3.63) is 83.6 Å². The predicted molar refractivity (Wildman–Crippen MR) is 91.4 cm³/mol. The number of hydrogen-bond acceptors (Lipinski definition) is 1. The molecule has 0 aromatic heterocycles. The molecule has 1 N–H and O–H groups in total. The van der Waals surface area contributed by atoms with E-state index in [-0.39, 0.29) is 0 Å². The van der Waals surface area contributed by atoms with Gasteiger partial charge in [-0.15, -0.1) is 0 Å². The Morgan fingerprint density at radius 2 is 1.43 bits per heavy atom. The first kappa shape index (κ1) is 15.4. The average molecular weight is 279 g/mol. The molecule has 0 saturated heterocycles. The first-order valence-electron chi connectivity index (χ1n) is 7.88. The van der Waals surface area contributed by atoms with Crippen molar-refractivity contribution in [1.29, 1.82) is 0 Å². The van der Waals surface area contributed by atoms with E-state index in [9.17, 15) is 0 Å². The smallest absolute Gasteiger partial charge is 0.0138 e. The molecular formula is C20H25N. The van der Waals surface area contributed by atoms with Gasteiger partial charge in [0.15, 0.2) is 0 Å². The highest BCUT2D eigenvalue weighted by Gasteiger charge is 1.96. The molecule has 110 valence electrons. The van der Waals surface area contributed by atoms with Crippen molar-refractivity contribution in [2.75, 3.05) is 6.54 Å². The molecule has 0 radical (unpaired) electrons. The maximum absolute atomic E-state index is 3.27. The minimum Gasteiger partial charge on any atom is -0.391 e. The minimum atomic E-state index is 0.996. The number of benzene rings is 2. The molecule has 0 fully saturated rings. The molecule has 2 aromatic rings. The van der Waals surface area contributed by atoms with Gasteiger partial charge < -0.3 is 5.32 Å². The van der Waals surface area contributed by atoms with Crippen molar-refractivity contribution < 1.29 is 0 Å². The molecule has 0 aliphatic carbocycles. The van der Waals surface area contributed by atoms with E-state index >= 15 is 0 Å². The fourth-order valence-electron chi connectivity index (χ4n) is 2.28. The fraction of sp³-hybridized carbons (Fsp3) is 0.300. The minimum absolute atomic E-state index is 0.996. The Labute approximate surface area is 128 Å². The second kappa shape index (κ2) is 9.02. The van der Waals surface area contributed by atoms with Crippen LogP contribution in [0.1, 0.15) is 30.0 Å². The first-order valence-corrected chi connectivity index (χ1v) is 7.88. The van der Waals surface area contributed by atoms with Crippen molar-refractivity contribution in [2.24, 2.45) is 0 Å². The lowest BCUT2D eigenvalue weighted by molar-refractivity contribution is 0.807. The quantitative estimate of drug-likeness (QED) is 0.700. The molecule has 0 saturated carbocycles. The largest absolute Gasteiger partial charge is 0.391 e. The van der Waals surface area contributed by atoms with Gasteiger partial charge >= 0.3 is 0 Å². The predicted octanol–water partition coefficient (Wildman–Crippen LogP) is 4.53. The van der Waals surface area contributed by atoms with Gasteiger partial charge in [-0.2, -0.15) is 0 Å². The van der Waals surface area contributed by atoms with E-state index < -0.39 is 0 Å². The SMILES string of the molecule is CCCNC=CCc1ccc(CCc2ccccc2)cc1. The zero-order valence-electron chi connectivity index (χ0n) is 12.9. The Bertz CT molecular complexity index is 526. The molecule has 1 nitrogen and oxygen atoms in total. The lowest BCUT2D eigenvalue weighted by atomic mass is 10.0. The summed E-state index contributed by atoms with van der Waals surface area (Å²) in [5.74, 6) is 0. The third kappa shape index (κ3) is 5.86. The van der Waals surface area contributed by atoms with E-state index in [0.717, 1.165) is 25.8 Å². The van der Waals surface area contributed by atoms with Gasteiger partial charge in [0, 0.05) is 6.54 Å². The Balaban J connectivity index is 1.78. The molecule has 0 aliphatic rings. The Kier molecular flexibility index (Phi) is 6.60. The number of hydrogen-bond donors (Lipinski definition) is 1. The summed E-state index contributed by atoms with van der Waals surface area (Å²) in [6, 6.07) is 19.7. The van der Waals surface area contributed by atoms with Crippen LogP contribution in [0.5, 0.6) is 0 Å². The highest BCUT2D eigenvalue weighted by Crippen LogP contribution is 2.09. The van der Waals surface area contributed by atoms with E-state index in [1.54, 1.807) is 0 Å². The molecular weight excluding hydrogens is 254 g/mol. The number of allylic oxidation sites excluding steroid dienone is 1. The van der Waals surface area contributed by atoms with Gasteiger partial charge in [-0.05, 0) is 48.6 Å². The molecule has 2 rings (SSSR count). The van der Waals surface area contributed by atoms with Gasteiger partial charge in [0.25, 0.3) is 0 Å². The number of rotatable bonds is 8. The van der Waals surface area contributed by atoms with Crippen LogP contribution in [0.3, 0.4) is 0 Å². The summed E-state index contributed by atoms with van der Waals surface area (Å²) in [7, 11) is 0. The average Bonchev–Trinajstić information content (AvgIpc) is 2.55. The van der Waals surface area contributed by atoms with E-state index in [2.05, 4.69) is 79.1 Å². The zero-order valence-corrected chi connectivity index (χ0v) is 12.9. The Morgan fingerprint density at radius 1 is 0.810 bits per heavy atom. The molecule has 0 aliphatic heterocycles. The first-order chi connectivity index (χ1) is 10.4. The highest BCUT2D eigenvalue weighted by molar-refractivity contribution is 5.25. The van der Waals surface area contributed by atoms with E-state index in [1.807, 2.05) is 0 Å². The van der Waals surface area contributed by atoms with Crippen molar-refractivity contribution in [2.45, 2.75) is 32.6 Å². The van der Waals surface area contributed by atoms with Crippen molar-refractivity contribution in [1.82, 2.24) is 5.32 Å². The van der Waals surface area contributed by atoms with Crippen LogP contribution in [0, 0.1) is 0 Å². The van der Waals surface area contributed by atoms with Crippen LogP contribution >= 0.6 is 0 Å². The fourth-order valence-corrected chi connectivity index (χ4v) is 2.28. The molecule has 0 spiro atoms. The van der Waals surface area contributed by atoms with E-state index in [0.29, 0.717) is 0 Å². The Morgan fingerprint density at radius 3 is 2.10 bits per heavy atom. The van der Waals surface area contributed by atoms with Gasteiger partial charge in [-0.1, -0.05) is 67.6 Å². The number of nitrogens with one attached hydrogen (secondary N) is 1. The molecule has 21 heavy (non-hydrogen) atoms. The maximum atomic E-state index is 3.27. The van der Waals surface area contributed by atoms with Crippen LogP contribution in [0.2, 0.25) is 0 Å². The summed E-state index contributed by atoms with van der Waals surface area (Å²) in [5, 5.41) is 3.27. The summed E-state index contributed by atoms with van der Waals surface area (Å²) in [6.45, 7) is 3.23. The second-order valence-electron chi connectivity index (χ2n) is 5.36. The summed E-state index contributed by atoms with van der Waals surface area (Å²) >= 11 is 0. The third-order valence-corrected chi connectivity index (χ3v) is 3.55. The highest BCUT2D eigenvalue weighted by atomic mass is 14.8. The standard InChI is InChI=1S/C20H25N/c1-2-16-21-17-6-9-19-11-14-20(15-12-19)13-10-18-7-4-3-5-8-18/h3-8,11-12,14-15,17,21H,2,9-10,13,16H2,1H3. The van der Waals surface area contributed by atoms with Crippen LogP contribution < -0.4 is 5.32 Å². The van der Waals surface area contributed by atoms with Crippen molar-refractivity contribution >= 4 is 0 Å². The van der Waals surface area contributed by atoms with Gasteiger partial charge in [0.1, 0.15) is 0 Å². The molecule has 0 atom stereocenters. The molecule has 0 heterocycles. The normalized spacial score (nSPS) is 10.9. The molecule has 1 heteroatoms. The maximum Gasteiger partial charge on any atom is 0.0138 e. The molecule has 2 aromatic carbocycles. The van der Waals surface area contributed by atoms with Crippen molar-refractivity contribution in [3.63, 3.8) is 0 Å². The van der Waals surface area contributed by atoms with Crippen molar-refractivity contribution in [3.8, 4) is 0 Å². The van der Waals surface area contributed by atoms with Gasteiger partial charge in [-0.25, -0.2) is 0 Å². The summed E-state index contributed by atoms with van der Waals surface area (Å²) < 4.78 is 0. The van der Waals surface area contributed by atoms with Gasteiger partial charge in [0.2, 0.25) is 0 Å². The van der Waals surface area contributed by atoms with Gasteiger partial charge in [0.05, 0.1) is 0 Å². The van der Waals surface area contributed by atoms with Crippen LogP contribution in [0.25, 0.3) is 0 Å². The summed E-state index contributed by atoms with van der Waals surface area (Å²) in [4.78, 5) is 0. The number of aryl methyl sites for hydroxylation is 2. The summed E-state index contributed by atoms with van der Waals surface area (Å²) in [5.41, 5.74) is 4.19. The zero-order chi connectivity index (χ0) is 14.8. The van der Waals surface area contributed by atoms with Crippen LogP contribution in [0.15, 0.2) is 66.9 Å². The van der Waals surface area contributed by atoms with Crippen LogP contribution in [-0.4, -0.2) is 6.54 Å². The molecule has 0 unspecified atom stereocenters. The van der Waals surface area contributed by atoms with E-state index in [4.69, 9.17) is 0 Å².